The van der Waals surface area contributed by atoms with Crippen molar-refractivity contribution < 1.29 is 14.3 Å². The summed E-state index contributed by atoms with van der Waals surface area (Å²) >= 11 is 0. The Morgan fingerprint density at radius 1 is 1.00 bits per heavy atom. The van der Waals surface area contributed by atoms with Gasteiger partial charge in [-0.25, -0.2) is 4.79 Å². The number of fused-ring (bicyclic) bond motifs is 3. The van der Waals surface area contributed by atoms with Gasteiger partial charge in [0.1, 0.15) is 6.61 Å². The van der Waals surface area contributed by atoms with Crippen LogP contribution in [0.1, 0.15) is 22.6 Å². The van der Waals surface area contributed by atoms with Crippen molar-refractivity contribution in [1.82, 2.24) is 4.90 Å². The van der Waals surface area contributed by atoms with Crippen molar-refractivity contribution in [3.05, 3.63) is 95.6 Å². The minimum absolute atomic E-state index is 0.00866. The highest BCUT2D eigenvalue weighted by Crippen LogP contribution is 2.44. The molecule has 3 aromatic rings. The van der Waals surface area contributed by atoms with Crippen LogP contribution in [0.3, 0.4) is 0 Å². The van der Waals surface area contributed by atoms with Gasteiger partial charge in [-0.1, -0.05) is 84.8 Å². The minimum Gasteiger partial charge on any atom is -0.448 e. The van der Waals surface area contributed by atoms with Crippen molar-refractivity contribution in [3.8, 4) is 23.5 Å². The third-order valence-corrected chi connectivity index (χ3v) is 6.28. The number of hydrogen-bond acceptors (Lipinski definition) is 3. The Labute approximate surface area is 182 Å². The van der Waals surface area contributed by atoms with Gasteiger partial charge in [-0.3, -0.25) is 4.90 Å². The van der Waals surface area contributed by atoms with E-state index in [4.69, 9.17) is 15.9 Å². The molecule has 0 bridgehead atoms. The number of morpholine rings is 1. The van der Waals surface area contributed by atoms with E-state index in [0.717, 1.165) is 5.56 Å². The van der Waals surface area contributed by atoms with Gasteiger partial charge in [0.15, 0.2) is 5.54 Å². The van der Waals surface area contributed by atoms with Crippen LogP contribution in [0, 0.1) is 12.3 Å². The van der Waals surface area contributed by atoms with Crippen molar-refractivity contribution in [2.75, 3.05) is 26.4 Å². The highest BCUT2D eigenvalue weighted by Gasteiger charge is 2.44. The fourth-order valence-corrected chi connectivity index (χ4v) is 4.72. The molecule has 1 atom stereocenters. The maximum absolute atomic E-state index is 13.3. The van der Waals surface area contributed by atoms with E-state index in [0.29, 0.717) is 13.2 Å². The van der Waals surface area contributed by atoms with Crippen LogP contribution in [0.5, 0.6) is 0 Å². The van der Waals surface area contributed by atoms with E-state index < -0.39 is 11.6 Å². The maximum atomic E-state index is 13.3. The maximum Gasteiger partial charge on any atom is 0.411 e. The second kappa shape index (κ2) is 7.94. The summed E-state index contributed by atoms with van der Waals surface area (Å²) < 4.78 is 11.6. The molecule has 1 aliphatic heterocycles. The van der Waals surface area contributed by atoms with Crippen molar-refractivity contribution >= 4 is 6.09 Å². The molecule has 0 spiro atoms. The monoisotopic (exact) mass is 409 g/mol. The second-order valence-electron chi connectivity index (χ2n) is 7.88. The molecule has 0 saturated carbocycles. The molecule has 5 rings (SSSR count). The van der Waals surface area contributed by atoms with Gasteiger partial charge in [0.2, 0.25) is 0 Å². The summed E-state index contributed by atoms with van der Waals surface area (Å²) in [6, 6.07) is 26.2. The van der Waals surface area contributed by atoms with Gasteiger partial charge in [0.05, 0.1) is 13.2 Å². The molecule has 1 aliphatic carbocycles. The van der Waals surface area contributed by atoms with Gasteiger partial charge in [-0.2, -0.15) is 0 Å². The van der Waals surface area contributed by atoms with Gasteiger partial charge in [-0.05, 0) is 27.8 Å². The van der Waals surface area contributed by atoms with Crippen LogP contribution < -0.4 is 0 Å². The lowest BCUT2D eigenvalue weighted by atomic mass is 9.89. The lowest BCUT2D eigenvalue weighted by Crippen LogP contribution is -2.56. The predicted molar refractivity (Wildman–Crippen MR) is 120 cm³/mol. The third kappa shape index (κ3) is 3.19. The largest absolute Gasteiger partial charge is 0.448 e. The van der Waals surface area contributed by atoms with Crippen LogP contribution >= 0.6 is 0 Å². The van der Waals surface area contributed by atoms with Gasteiger partial charge in [-0.15, -0.1) is 6.42 Å². The number of nitrogens with zero attached hydrogens (tertiary/aromatic N) is 1. The Morgan fingerprint density at radius 2 is 1.61 bits per heavy atom. The van der Waals surface area contributed by atoms with E-state index in [2.05, 4.69) is 30.2 Å². The lowest BCUT2D eigenvalue weighted by Gasteiger charge is -2.43. The summed E-state index contributed by atoms with van der Waals surface area (Å²) in [5.41, 5.74) is 4.66. The molecule has 4 heteroatoms. The molecule has 1 heterocycles. The van der Waals surface area contributed by atoms with Gasteiger partial charge in [0, 0.05) is 12.5 Å². The first-order valence-electron chi connectivity index (χ1n) is 10.5. The molecule has 4 nitrogen and oxygen atoms in total. The first-order valence-corrected chi connectivity index (χ1v) is 10.5. The van der Waals surface area contributed by atoms with Crippen LogP contribution in [-0.2, 0) is 15.0 Å². The number of rotatable bonds is 3. The Bertz CT molecular complexity index is 1100. The molecular formula is C27H23NO3. The zero-order chi connectivity index (χ0) is 21.3. The molecule has 1 fully saturated rings. The van der Waals surface area contributed by atoms with Gasteiger partial charge in [0.25, 0.3) is 0 Å². The van der Waals surface area contributed by atoms with Crippen molar-refractivity contribution in [1.29, 1.82) is 0 Å². The van der Waals surface area contributed by atoms with Crippen LogP contribution in [0.4, 0.5) is 4.79 Å². The highest BCUT2D eigenvalue weighted by atomic mass is 16.6. The predicted octanol–water partition coefficient (Wildman–Crippen LogP) is 4.80. The van der Waals surface area contributed by atoms with E-state index in [9.17, 15) is 4.79 Å². The zero-order valence-electron chi connectivity index (χ0n) is 17.2. The molecule has 0 aromatic heterocycles. The molecule has 0 N–H and O–H groups in total. The standard InChI is InChI=1S/C27H23NO3/c1-2-27(20-10-4-3-5-11-20)19-30-17-16-28(27)26(29)31-18-25-23-14-8-6-12-21(23)22-13-7-9-15-24(22)25/h1,3-15,25H,16-19H2. The van der Waals surface area contributed by atoms with Crippen molar-refractivity contribution in [2.45, 2.75) is 11.5 Å². The van der Waals surface area contributed by atoms with Crippen LogP contribution in [0.25, 0.3) is 11.1 Å². The Kier molecular flexibility index (Phi) is 4.97. The SMILES string of the molecule is C#CC1(c2ccccc2)COCCN1C(=O)OCC1c2ccccc2-c2ccccc21. The second-order valence-corrected chi connectivity index (χ2v) is 7.88. The first-order chi connectivity index (χ1) is 15.2. The number of carbonyl (C=O) groups excluding carboxylic acids is 1. The molecule has 3 aromatic carbocycles. The fraction of sp³-hybridized carbons (Fsp3) is 0.222. The number of terminal acetylenes is 1. The lowest BCUT2D eigenvalue weighted by molar-refractivity contribution is -0.0395. The van der Waals surface area contributed by atoms with E-state index in [1.54, 1.807) is 4.90 Å². The summed E-state index contributed by atoms with van der Waals surface area (Å²) in [7, 11) is 0. The summed E-state index contributed by atoms with van der Waals surface area (Å²) in [5, 5.41) is 0. The topological polar surface area (TPSA) is 38.8 Å². The molecule has 2 aliphatic rings. The normalized spacial score (nSPS) is 19.9. The summed E-state index contributed by atoms with van der Waals surface area (Å²) in [5.74, 6) is 2.83. The molecule has 31 heavy (non-hydrogen) atoms. The molecule has 1 saturated heterocycles. The van der Waals surface area contributed by atoms with E-state index in [1.807, 2.05) is 54.6 Å². The number of carbonyl (C=O) groups is 1. The van der Waals surface area contributed by atoms with E-state index in [-0.39, 0.29) is 19.1 Å². The minimum atomic E-state index is -0.970. The van der Waals surface area contributed by atoms with Crippen LogP contribution in [0.2, 0.25) is 0 Å². The van der Waals surface area contributed by atoms with Gasteiger partial charge < -0.3 is 9.47 Å². The number of benzene rings is 3. The van der Waals surface area contributed by atoms with Gasteiger partial charge >= 0.3 is 6.09 Å². The third-order valence-electron chi connectivity index (χ3n) is 6.28. The summed E-state index contributed by atoms with van der Waals surface area (Å²) in [4.78, 5) is 14.9. The average molecular weight is 409 g/mol. The fourth-order valence-electron chi connectivity index (χ4n) is 4.72. The Hall–Kier alpha value is -3.55. The molecule has 0 radical (unpaired) electrons. The molecule has 1 unspecified atom stereocenters. The number of hydrogen-bond donors (Lipinski definition) is 0. The average Bonchev–Trinajstić information content (AvgIpc) is 3.16. The zero-order valence-corrected chi connectivity index (χ0v) is 17.2. The molecule has 154 valence electrons. The smallest absolute Gasteiger partial charge is 0.411 e. The summed E-state index contributed by atoms with van der Waals surface area (Å²) in [6.45, 7) is 1.33. The summed E-state index contributed by atoms with van der Waals surface area (Å²) in [6.07, 6.45) is 5.55. The van der Waals surface area contributed by atoms with Crippen LogP contribution in [-0.4, -0.2) is 37.4 Å². The number of ether oxygens (including phenoxy) is 2. The van der Waals surface area contributed by atoms with E-state index in [1.165, 1.54) is 22.3 Å². The molecule has 1 amide bonds. The van der Waals surface area contributed by atoms with Crippen molar-refractivity contribution in [2.24, 2.45) is 0 Å². The molecular weight excluding hydrogens is 386 g/mol. The van der Waals surface area contributed by atoms with Crippen LogP contribution in [0.15, 0.2) is 78.9 Å². The van der Waals surface area contributed by atoms with E-state index >= 15 is 0 Å². The quantitative estimate of drug-likeness (QED) is 0.584. The van der Waals surface area contributed by atoms with Crippen molar-refractivity contribution in [3.63, 3.8) is 0 Å². The first kappa shape index (κ1) is 19.4. The highest BCUT2D eigenvalue weighted by molar-refractivity contribution is 5.79. The number of amides is 1. The Balaban J connectivity index is 1.41. The Morgan fingerprint density at radius 3 is 2.26 bits per heavy atom.